The predicted molar refractivity (Wildman–Crippen MR) is 96.6 cm³/mol. The Labute approximate surface area is 146 Å². The van der Waals surface area contributed by atoms with Crippen molar-refractivity contribution in [3.63, 3.8) is 0 Å². The molecule has 0 unspecified atom stereocenters. The third kappa shape index (κ3) is 5.06. The van der Waals surface area contributed by atoms with E-state index in [0.717, 1.165) is 11.1 Å². The van der Waals surface area contributed by atoms with Gasteiger partial charge in [0.25, 0.3) is 0 Å². The van der Waals surface area contributed by atoms with E-state index in [2.05, 4.69) is 0 Å². The Hall–Kier alpha value is -2.40. The molecule has 2 aromatic rings. The minimum absolute atomic E-state index is 0.120. The number of ether oxygens (including phenoxy) is 3. The highest BCUT2D eigenvalue weighted by atomic mass is 32.2. The second-order valence-corrected chi connectivity index (χ2v) is 5.77. The molecule has 0 aliphatic rings. The van der Waals surface area contributed by atoms with Crippen LogP contribution in [0.15, 0.2) is 53.4 Å². The lowest BCUT2D eigenvalue weighted by molar-refractivity contribution is -0.138. The molecular weight excluding hydrogens is 324 g/mol. The number of hydrogen-bond donors (Lipinski definition) is 0. The Bertz CT molecular complexity index is 708. The summed E-state index contributed by atoms with van der Waals surface area (Å²) < 4.78 is 15.7. The number of benzene rings is 2. The first-order chi connectivity index (χ1) is 11.7. The fourth-order valence-electron chi connectivity index (χ4n) is 2.07. The van der Waals surface area contributed by atoms with Gasteiger partial charge in [-0.1, -0.05) is 12.1 Å². The minimum atomic E-state index is -0.409. The van der Waals surface area contributed by atoms with Crippen LogP contribution in [0.5, 0.6) is 11.5 Å². The van der Waals surface area contributed by atoms with E-state index in [0.29, 0.717) is 11.5 Å². The van der Waals surface area contributed by atoms with Crippen LogP contribution in [0.3, 0.4) is 0 Å². The molecule has 24 heavy (non-hydrogen) atoms. The molecule has 0 bridgehead atoms. The molecule has 4 nitrogen and oxygen atoms in total. The van der Waals surface area contributed by atoms with Gasteiger partial charge in [0.05, 0.1) is 14.2 Å². The molecule has 0 saturated heterocycles. The van der Waals surface area contributed by atoms with Gasteiger partial charge in [0.1, 0.15) is 18.1 Å². The van der Waals surface area contributed by atoms with E-state index >= 15 is 0 Å². The molecule has 0 amide bonds. The van der Waals surface area contributed by atoms with E-state index in [9.17, 15) is 4.79 Å². The summed E-state index contributed by atoms with van der Waals surface area (Å²) >= 11 is 1.68. The summed E-state index contributed by atoms with van der Waals surface area (Å²) in [4.78, 5) is 13.1. The Morgan fingerprint density at radius 1 is 1.08 bits per heavy atom. The van der Waals surface area contributed by atoms with Crippen LogP contribution >= 0.6 is 11.8 Å². The number of methoxy groups -OCH3 is 2. The van der Waals surface area contributed by atoms with Gasteiger partial charge in [-0.25, -0.2) is 4.79 Å². The summed E-state index contributed by atoms with van der Waals surface area (Å²) in [6.07, 6.45) is 5.17. The second-order valence-electron chi connectivity index (χ2n) is 4.89. The molecule has 0 aromatic heterocycles. The van der Waals surface area contributed by atoms with Gasteiger partial charge in [0.2, 0.25) is 0 Å². The fourth-order valence-corrected chi connectivity index (χ4v) is 2.48. The third-order valence-corrected chi connectivity index (χ3v) is 4.13. The van der Waals surface area contributed by atoms with E-state index < -0.39 is 5.97 Å². The Morgan fingerprint density at radius 3 is 2.46 bits per heavy atom. The molecule has 0 saturated carbocycles. The molecule has 2 aromatic carbocycles. The topological polar surface area (TPSA) is 44.8 Å². The normalized spacial score (nSPS) is 10.6. The largest absolute Gasteiger partial charge is 0.497 e. The van der Waals surface area contributed by atoms with Crippen molar-refractivity contribution in [1.29, 1.82) is 0 Å². The third-order valence-electron chi connectivity index (χ3n) is 3.39. The van der Waals surface area contributed by atoms with Crippen LogP contribution in [0.2, 0.25) is 0 Å². The molecule has 0 atom stereocenters. The average molecular weight is 344 g/mol. The van der Waals surface area contributed by atoms with Gasteiger partial charge in [-0.05, 0) is 48.2 Å². The SMILES string of the molecule is COc1ccc(OC)c(COC(=O)/C=C/c2ccc(SC)cc2)c1. The zero-order valence-electron chi connectivity index (χ0n) is 13.9. The van der Waals surface area contributed by atoms with Gasteiger partial charge in [-0.15, -0.1) is 11.8 Å². The standard InChI is InChI=1S/C19H20O4S/c1-21-16-7-10-18(22-2)15(12-16)13-23-19(20)11-6-14-4-8-17(24-3)9-5-14/h4-12H,13H2,1-3H3/b11-6+. The van der Waals surface area contributed by atoms with Crippen molar-refractivity contribution in [3.8, 4) is 11.5 Å². The van der Waals surface area contributed by atoms with Gasteiger partial charge in [0.15, 0.2) is 0 Å². The highest BCUT2D eigenvalue weighted by molar-refractivity contribution is 7.98. The minimum Gasteiger partial charge on any atom is -0.497 e. The van der Waals surface area contributed by atoms with Gasteiger partial charge in [-0.3, -0.25) is 0 Å². The number of thioether (sulfide) groups is 1. The van der Waals surface area contributed by atoms with Crippen molar-refractivity contribution in [3.05, 3.63) is 59.7 Å². The Kier molecular flexibility index (Phi) is 6.75. The first-order valence-electron chi connectivity index (χ1n) is 7.36. The first kappa shape index (κ1) is 17.9. The van der Waals surface area contributed by atoms with Gasteiger partial charge in [-0.2, -0.15) is 0 Å². The summed E-state index contributed by atoms with van der Waals surface area (Å²) in [7, 11) is 3.16. The molecular formula is C19H20O4S. The van der Waals surface area contributed by atoms with Crippen molar-refractivity contribution in [1.82, 2.24) is 0 Å². The second kappa shape index (κ2) is 9.03. The lowest BCUT2D eigenvalue weighted by Gasteiger charge is -2.10. The number of carbonyl (C=O) groups excluding carboxylic acids is 1. The van der Waals surface area contributed by atoms with Crippen LogP contribution in [0.25, 0.3) is 6.08 Å². The van der Waals surface area contributed by atoms with Crippen LogP contribution in [0.1, 0.15) is 11.1 Å². The van der Waals surface area contributed by atoms with E-state index in [1.54, 1.807) is 50.3 Å². The van der Waals surface area contributed by atoms with Crippen molar-refractivity contribution in [2.24, 2.45) is 0 Å². The molecule has 0 fully saturated rings. The Morgan fingerprint density at radius 2 is 1.83 bits per heavy atom. The lowest BCUT2D eigenvalue weighted by atomic mass is 10.2. The van der Waals surface area contributed by atoms with Crippen molar-refractivity contribution in [2.75, 3.05) is 20.5 Å². The number of hydrogen-bond acceptors (Lipinski definition) is 5. The molecule has 0 aliphatic carbocycles. The fraction of sp³-hybridized carbons (Fsp3) is 0.211. The summed E-state index contributed by atoms with van der Waals surface area (Å²) in [6.45, 7) is 0.120. The van der Waals surface area contributed by atoms with Crippen LogP contribution in [-0.2, 0) is 16.1 Å². The molecule has 0 spiro atoms. The quantitative estimate of drug-likeness (QED) is 0.428. The van der Waals surface area contributed by atoms with E-state index in [1.165, 1.54) is 11.0 Å². The number of carbonyl (C=O) groups is 1. The van der Waals surface area contributed by atoms with Crippen molar-refractivity contribution in [2.45, 2.75) is 11.5 Å². The summed E-state index contributed by atoms with van der Waals surface area (Å²) in [5, 5.41) is 0. The van der Waals surface area contributed by atoms with Crippen molar-refractivity contribution >= 4 is 23.8 Å². The zero-order chi connectivity index (χ0) is 17.4. The van der Waals surface area contributed by atoms with Crippen LogP contribution in [0, 0.1) is 0 Å². The Balaban J connectivity index is 1.96. The van der Waals surface area contributed by atoms with E-state index in [1.807, 2.05) is 30.5 Å². The highest BCUT2D eigenvalue weighted by Gasteiger charge is 2.07. The molecule has 126 valence electrons. The van der Waals surface area contributed by atoms with Gasteiger partial charge in [0, 0.05) is 16.5 Å². The molecule has 0 radical (unpaired) electrons. The maximum atomic E-state index is 11.9. The van der Waals surface area contributed by atoms with E-state index in [4.69, 9.17) is 14.2 Å². The van der Waals surface area contributed by atoms with Gasteiger partial charge < -0.3 is 14.2 Å². The number of esters is 1. The average Bonchev–Trinajstić information content (AvgIpc) is 2.64. The zero-order valence-corrected chi connectivity index (χ0v) is 14.8. The number of rotatable bonds is 7. The molecule has 0 heterocycles. The smallest absolute Gasteiger partial charge is 0.331 e. The van der Waals surface area contributed by atoms with Crippen molar-refractivity contribution < 1.29 is 19.0 Å². The van der Waals surface area contributed by atoms with E-state index in [-0.39, 0.29) is 6.61 Å². The highest BCUT2D eigenvalue weighted by Crippen LogP contribution is 2.24. The summed E-state index contributed by atoms with van der Waals surface area (Å²) in [5.74, 6) is 0.931. The summed E-state index contributed by atoms with van der Waals surface area (Å²) in [5.41, 5.74) is 1.70. The van der Waals surface area contributed by atoms with Crippen LogP contribution < -0.4 is 9.47 Å². The lowest BCUT2D eigenvalue weighted by Crippen LogP contribution is -2.02. The van der Waals surface area contributed by atoms with Crippen LogP contribution in [-0.4, -0.2) is 26.4 Å². The molecule has 2 rings (SSSR count). The first-order valence-corrected chi connectivity index (χ1v) is 8.58. The van der Waals surface area contributed by atoms with Gasteiger partial charge >= 0.3 is 5.97 Å². The summed E-state index contributed by atoms with van der Waals surface area (Å²) in [6, 6.07) is 13.3. The monoisotopic (exact) mass is 344 g/mol. The molecule has 5 heteroatoms. The maximum Gasteiger partial charge on any atom is 0.331 e. The maximum absolute atomic E-state index is 11.9. The molecule has 0 N–H and O–H groups in total. The predicted octanol–water partition coefficient (Wildman–Crippen LogP) is 4.18. The van der Waals surface area contributed by atoms with Crippen LogP contribution in [0.4, 0.5) is 0 Å². The molecule has 0 aliphatic heterocycles.